The summed E-state index contributed by atoms with van der Waals surface area (Å²) in [5.41, 5.74) is 1.09. The highest BCUT2D eigenvalue weighted by Crippen LogP contribution is 2.30. The number of halogens is 3. The predicted molar refractivity (Wildman–Crippen MR) is 92.2 cm³/mol. The molecule has 1 heterocycles. The van der Waals surface area contributed by atoms with Gasteiger partial charge in [-0.05, 0) is 36.2 Å². The fourth-order valence-corrected chi connectivity index (χ4v) is 2.83. The summed E-state index contributed by atoms with van der Waals surface area (Å²) in [6, 6.07) is 11.9. The first-order chi connectivity index (χ1) is 12.8. The number of likely N-dealkylation sites (tertiary alicyclic amines) is 1. The van der Waals surface area contributed by atoms with Crippen molar-refractivity contribution in [3.63, 3.8) is 0 Å². The summed E-state index contributed by atoms with van der Waals surface area (Å²) < 4.78 is 41.3. The monoisotopic (exact) mass is 378 g/mol. The Morgan fingerprint density at radius 3 is 2.44 bits per heavy atom. The lowest BCUT2D eigenvalue weighted by Gasteiger charge is -2.16. The fraction of sp³-hybridized carbons (Fsp3) is 0.263. The molecule has 0 saturated carbocycles. The van der Waals surface area contributed by atoms with Crippen molar-refractivity contribution < 1.29 is 27.5 Å². The maximum Gasteiger partial charge on any atom is 0.573 e. The number of benzene rings is 2. The molecule has 0 radical (unpaired) electrons. The molecule has 8 heteroatoms. The number of amides is 2. The van der Waals surface area contributed by atoms with E-state index in [1.54, 1.807) is 29.2 Å². The minimum absolute atomic E-state index is 0.0773. The first kappa shape index (κ1) is 18.8. The molecule has 27 heavy (non-hydrogen) atoms. The molecular formula is C19H17F3N2O3. The van der Waals surface area contributed by atoms with Crippen LogP contribution in [0.5, 0.6) is 5.75 Å². The Labute approximate surface area is 153 Å². The highest BCUT2D eigenvalue weighted by molar-refractivity contribution is 6.05. The van der Waals surface area contributed by atoms with Gasteiger partial charge >= 0.3 is 6.36 Å². The molecule has 2 aromatic carbocycles. The second-order valence-corrected chi connectivity index (χ2v) is 6.11. The van der Waals surface area contributed by atoms with Crippen LogP contribution in [-0.4, -0.2) is 29.6 Å². The zero-order valence-electron chi connectivity index (χ0n) is 14.3. The molecule has 0 atom stereocenters. The van der Waals surface area contributed by atoms with E-state index >= 15 is 0 Å². The molecule has 1 aliphatic rings. The predicted octanol–water partition coefficient (Wildman–Crippen LogP) is 3.96. The third-order valence-electron chi connectivity index (χ3n) is 4.12. The highest BCUT2D eigenvalue weighted by atomic mass is 19.4. The maximum absolute atomic E-state index is 12.5. The van der Waals surface area contributed by atoms with Crippen molar-refractivity contribution in [2.24, 2.45) is 0 Å². The Kier molecular flexibility index (Phi) is 5.34. The van der Waals surface area contributed by atoms with Gasteiger partial charge in [0.2, 0.25) is 5.91 Å². The van der Waals surface area contributed by atoms with Gasteiger partial charge in [-0.3, -0.25) is 9.59 Å². The average molecular weight is 378 g/mol. The summed E-state index contributed by atoms with van der Waals surface area (Å²) in [5, 5.41) is 2.42. The van der Waals surface area contributed by atoms with Crippen molar-refractivity contribution in [2.45, 2.75) is 25.7 Å². The molecule has 3 rings (SSSR count). The summed E-state index contributed by atoms with van der Waals surface area (Å²) in [6.07, 6.45) is -3.45. The number of hydrogen-bond donors (Lipinski definition) is 1. The number of nitrogens with one attached hydrogen (secondary N) is 1. The fourth-order valence-electron chi connectivity index (χ4n) is 2.83. The van der Waals surface area contributed by atoms with Crippen LogP contribution in [0.3, 0.4) is 0 Å². The Morgan fingerprint density at radius 2 is 1.81 bits per heavy atom. The SMILES string of the molecule is O=C(Nc1ccccc1OC(F)(F)F)c1ccc(CN2CCCC2=O)cc1. The number of carbonyl (C=O) groups excluding carboxylic acids is 2. The molecule has 2 amide bonds. The van der Waals surface area contributed by atoms with E-state index in [9.17, 15) is 22.8 Å². The van der Waals surface area contributed by atoms with E-state index in [0.717, 1.165) is 24.6 Å². The summed E-state index contributed by atoms with van der Waals surface area (Å²) >= 11 is 0. The van der Waals surface area contributed by atoms with Crippen molar-refractivity contribution in [1.29, 1.82) is 0 Å². The number of carbonyl (C=O) groups is 2. The van der Waals surface area contributed by atoms with Crippen LogP contribution in [0.4, 0.5) is 18.9 Å². The van der Waals surface area contributed by atoms with Gasteiger partial charge in [-0.1, -0.05) is 24.3 Å². The molecule has 5 nitrogen and oxygen atoms in total. The topological polar surface area (TPSA) is 58.6 Å². The van der Waals surface area contributed by atoms with Crippen LogP contribution >= 0.6 is 0 Å². The molecule has 2 aromatic rings. The molecule has 0 aromatic heterocycles. The van der Waals surface area contributed by atoms with E-state index in [4.69, 9.17) is 0 Å². The Bertz CT molecular complexity index is 835. The van der Waals surface area contributed by atoms with Gasteiger partial charge in [0.1, 0.15) is 0 Å². The molecule has 0 aliphatic carbocycles. The Hall–Kier alpha value is -3.03. The lowest BCUT2D eigenvalue weighted by molar-refractivity contribution is -0.274. The van der Waals surface area contributed by atoms with E-state index in [-0.39, 0.29) is 17.2 Å². The minimum atomic E-state index is -4.85. The van der Waals surface area contributed by atoms with Gasteiger partial charge in [0.05, 0.1) is 5.69 Å². The normalized spacial score (nSPS) is 14.3. The van der Waals surface area contributed by atoms with Crippen LogP contribution in [0.1, 0.15) is 28.8 Å². The van der Waals surface area contributed by atoms with E-state index in [2.05, 4.69) is 10.1 Å². The summed E-state index contributed by atoms with van der Waals surface area (Å²) in [5.74, 6) is -0.933. The van der Waals surface area contributed by atoms with Crippen LogP contribution in [0.25, 0.3) is 0 Å². The molecule has 0 bridgehead atoms. The number of hydrogen-bond acceptors (Lipinski definition) is 3. The Morgan fingerprint density at radius 1 is 1.11 bits per heavy atom. The van der Waals surface area contributed by atoms with Gasteiger partial charge in [0, 0.05) is 25.1 Å². The molecule has 142 valence electrons. The average Bonchev–Trinajstić information content (AvgIpc) is 3.01. The number of anilines is 1. The lowest BCUT2D eigenvalue weighted by atomic mass is 10.1. The van der Waals surface area contributed by atoms with Crippen LogP contribution in [0.2, 0.25) is 0 Å². The van der Waals surface area contributed by atoms with Gasteiger partial charge in [0.15, 0.2) is 5.75 Å². The van der Waals surface area contributed by atoms with Gasteiger partial charge in [0.25, 0.3) is 5.91 Å². The number of ether oxygens (including phenoxy) is 1. The zero-order valence-corrected chi connectivity index (χ0v) is 14.3. The smallest absolute Gasteiger partial charge is 0.404 e. The van der Waals surface area contributed by atoms with E-state index < -0.39 is 18.0 Å². The maximum atomic E-state index is 12.5. The van der Waals surface area contributed by atoms with Gasteiger partial charge in [-0.2, -0.15) is 0 Å². The van der Waals surface area contributed by atoms with Crippen molar-refractivity contribution in [1.82, 2.24) is 4.90 Å². The second-order valence-electron chi connectivity index (χ2n) is 6.11. The zero-order chi connectivity index (χ0) is 19.4. The van der Waals surface area contributed by atoms with Crippen LogP contribution < -0.4 is 10.1 Å². The van der Waals surface area contributed by atoms with E-state index in [1.807, 2.05) is 0 Å². The summed E-state index contributed by atoms with van der Waals surface area (Å²) in [4.78, 5) is 25.7. The largest absolute Gasteiger partial charge is 0.573 e. The molecule has 0 unspecified atom stereocenters. The van der Waals surface area contributed by atoms with Gasteiger partial charge in [-0.15, -0.1) is 13.2 Å². The second kappa shape index (κ2) is 7.69. The molecule has 1 fully saturated rings. The van der Waals surface area contributed by atoms with Crippen molar-refractivity contribution in [2.75, 3.05) is 11.9 Å². The number of rotatable bonds is 5. The van der Waals surface area contributed by atoms with Gasteiger partial charge < -0.3 is 15.0 Å². The van der Waals surface area contributed by atoms with Crippen LogP contribution in [0, 0.1) is 0 Å². The first-order valence-electron chi connectivity index (χ1n) is 8.35. The molecule has 0 spiro atoms. The highest BCUT2D eigenvalue weighted by Gasteiger charge is 2.32. The van der Waals surface area contributed by atoms with Crippen LogP contribution in [0.15, 0.2) is 48.5 Å². The van der Waals surface area contributed by atoms with Crippen LogP contribution in [-0.2, 0) is 11.3 Å². The molecular weight excluding hydrogens is 361 g/mol. The molecule has 1 saturated heterocycles. The number of nitrogens with zero attached hydrogens (tertiary/aromatic N) is 1. The number of para-hydroxylation sites is 2. The number of alkyl halides is 3. The van der Waals surface area contributed by atoms with E-state index in [0.29, 0.717) is 13.0 Å². The third-order valence-corrected chi connectivity index (χ3v) is 4.12. The standard InChI is InChI=1S/C19H17F3N2O3/c20-19(21,22)27-16-5-2-1-4-15(16)23-18(26)14-9-7-13(8-10-14)12-24-11-3-6-17(24)25/h1-2,4-5,7-10H,3,6,11-12H2,(H,23,26). The summed E-state index contributed by atoms with van der Waals surface area (Å²) in [7, 11) is 0. The van der Waals surface area contributed by atoms with Crippen molar-refractivity contribution >= 4 is 17.5 Å². The van der Waals surface area contributed by atoms with E-state index in [1.165, 1.54) is 18.2 Å². The van der Waals surface area contributed by atoms with Crippen molar-refractivity contribution in [3.8, 4) is 5.75 Å². The van der Waals surface area contributed by atoms with Crippen molar-refractivity contribution in [3.05, 3.63) is 59.7 Å². The third kappa shape index (κ3) is 4.99. The quantitative estimate of drug-likeness (QED) is 0.857. The van der Waals surface area contributed by atoms with Gasteiger partial charge in [-0.25, -0.2) is 0 Å². The summed E-state index contributed by atoms with van der Waals surface area (Å²) in [6.45, 7) is 1.19. The lowest BCUT2D eigenvalue weighted by Crippen LogP contribution is -2.23. The minimum Gasteiger partial charge on any atom is -0.404 e. The first-order valence-corrected chi connectivity index (χ1v) is 8.35. The molecule has 1 N–H and O–H groups in total. The Balaban J connectivity index is 1.67. The molecule has 1 aliphatic heterocycles.